The number of ether oxygens (including phenoxy) is 1. The molecule has 0 unspecified atom stereocenters. The van der Waals surface area contributed by atoms with Crippen molar-refractivity contribution in [3.05, 3.63) is 30.0 Å². The van der Waals surface area contributed by atoms with Crippen molar-refractivity contribution in [2.24, 2.45) is 5.92 Å². The van der Waals surface area contributed by atoms with Crippen LogP contribution in [0.15, 0.2) is 24.3 Å². The van der Waals surface area contributed by atoms with Crippen molar-refractivity contribution in [3.63, 3.8) is 0 Å². The lowest BCUT2D eigenvalue weighted by atomic mass is 10.2. The lowest BCUT2D eigenvalue weighted by Crippen LogP contribution is -2.37. The van der Waals surface area contributed by atoms with Gasteiger partial charge in [0.25, 0.3) is 0 Å². The van der Waals surface area contributed by atoms with Gasteiger partial charge in [0.05, 0.1) is 23.2 Å². The maximum atomic E-state index is 12.4. The predicted molar refractivity (Wildman–Crippen MR) is 116 cm³/mol. The highest BCUT2D eigenvalue weighted by atomic mass is 32.1. The van der Waals surface area contributed by atoms with Gasteiger partial charge in [0.2, 0.25) is 5.91 Å². The molecule has 0 aliphatic carbocycles. The fourth-order valence-corrected chi connectivity index (χ4v) is 4.69. The number of aromatic nitrogens is 3. The van der Waals surface area contributed by atoms with Crippen LogP contribution in [0.5, 0.6) is 5.75 Å². The highest BCUT2D eigenvalue weighted by molar-refractivity contribution is 7.22. The van der Waals surface area contributed by atoms with Crippen molar-refractivity contribution in [3.8, 4) is 11.4 Å². The number of rotatable bonds is 4. The number of hydrogen-bond donors (Lipinski definition) is 0. The summed E-state index contributed by atoms with van der Waals surface area (Å²) in [5.74, 6) is 1.10. The number of nitrogens with zero attached hydrogens (tertiary/aromatic N) is 5. The minimum atomic E-state index is 0.0436. The van der Waals surface area contributed by atoms with Crippen molar-refractivity contribution >= 4 is 32.7 Å². The number of benzene rings is 1. The number of methoxy groups -OCH3 is 1. The van der Waals surface area contributed by atoms with E-state index in [0.29, 0.717) is 0 Å². The van der Waals surface area contributed by atoms with Crippen LogP contribution in [0.4, 0.5) is 5.13 Å². The topological polar surface area (TPSA) is 63.5 Å². The van der Waals surface area contributed by atoms with E-state index in [9.17, 15) is 4.79 Å². The number of carbonyl (C=O) groups is 1. The van der Waals surface area contributed by atoms with Crippen molar-refractivity contribution in [1.82, 2.24) is 19.7 Å². The first-order chi connectivity index (χ1) is 14.0. The fourth-order valence-electron chi connectivity index (χ4n) is 3.66. The molecule has 0 N–H and O–H groups in total. The Morgan fingerprint density at radius 2 is 1.90 bits per heavy atom. The van der Waals surface area contributed by atoms with Gasteiger partial charge in [0.1, 0.15) is 5.75 Å². The second kappa shape index (κ2) is 8.02. The third-order valence-corrected chi connectivity index (χ3v) is 6.48. The fraction of sp³-hybridized carbons (Fsp3) is 0.476. The Morgan fingerprint density at radius 3 is 2.59 bits per heavy atom. The average molecular weight is 414 g/mol. The lowest BCUT2D eigenvalue weighted by Gasteiger charge is -2.23. The third kappa shape index (κ3) is 3.81. The summed E-state index contributed by atoms with van der Waals surface area (Å²) in [5.41, 5.74) is 2.82. The van der Waals surface area contributed by atoms with E-state index < -0.39 is 0 Å². The SMILES string of the molecule is COc1ccc(-n2nc(C)c3sc(N4CCCN(C(=O)C(C)C)CC4)nc32)cc1. The molecule has 1 fully saturated rings. The van der Waals surface area contributed by atoms with Gasteiger partial charge in [-0.15, -0.1) is 0 Å². The molecule has 7 nitrogen and oxygen atoms in total. The van der Waals surface area contributed by atoms with Gasteiger partial charge in [-0.2, -0.15) is 10.1 Å². The molecule has 1 amide bonds. The normalized spacial score (nSPS) is 15.2. The summed E-state index contributed by atoms with van der Waals surface area (Å²) in [7, 11) is 1.66. The van der Waals surface area contributed by atoms with E-state index in [4.69, 9.17) is 9.72 Å². The molecule has 0 saturated carbocycles. The summed E-state index contributed by atoms with van der Waals surface area (Å²) in [6.45, 7) is 9.23. The average Bonchev–Trinajstić information content (AvgIpc) is 3.18. The Kier molecular flexibility index (Phi) is 5.45. The van der Waals surface area contributed by atoms with Crippen molar-refractivity contribution in [2.45, 2.75) is 27.2 Å². The van der Waals surface area contributed by atoms with Crippen LogP contribution >= 0.6 is 11.3 Å². The minimum absolute atomic E-state index is 0.0436. The van der Waals surface area contributed by atoms with Crippen molar-refractivity contribution in [1.29, 1.82) is 0 Å². The standard InChI is InChI=1S/C21H27N5O2S/c1-14(2)20(27)24-10-5-11-25(13-12-24)21-22-19-18(29-21)15(3)23-26(19)16-6-8-17(28-4)9-7-16/h6-9,14H,5,10-13H2,1-4H3. The molecule has 1 aliphatic rings. The van der Waals surface area contributed by atoms with E-state index in [1.807, 2.05) is 54.6 Å². The van der Waals surface area contributed by atoms with Crippen LogP contribution < -0.4 is 9.64 Å². The van der Waals surface area contributed by atoms with Crippen LogP contribution in [-0.4, -0.2) is 58.9 Å². The van der Waals surface area contributed by atoms with Crippen LogP contribution in [0, 0.1) is 12.8 Å². The molecule has 0 radical (unpaired) electrons. The Bertz CT molecular complexity index is 1010. The molecule has 3 heterocycles. The van der Waals surface area contributed by atoms with Crippen LogP contribution in [0.1, 0.15) is 26.0 Å². The van der Waals surface area contributed by atoms with E-state index in [1.54, 1.807) is 18.4 Å². The van der Waals surface area contributed by atoms with Gasteiger partial charge >= 0.3 is 0 Å². The zero-order chi connectivity index (χ0) is 20.5. The number of amides is 1. The van der Waals surface area contributed by atoms with Gasteiger partial charge < -0.3 is 14.5 Å². The first-order valence-electron chi connectivity index (χ1n) is 10.0. The summed E-state index contributed by atoms with van der Waals surface area (Å²) in [6.07, 6.45) is 0.956. The first-order valence-corrected chi connectivity index (χ1v) is 10.8. The third-order valence-electron chi connectivity index (χ3n) is 5.27. The molecule has 3 aromatic rings. The second-order valence-corrected chi connectivity index (χ2v) is 8.64. The molecule has 0 spiro atoms. The summed E-state index contributed by atoms with van der Waals surface area (Å²) in [6, 6.07) is 7.84. The van der Waals surface area contributed by atoms with Crippen LogP contribution in [0.25, 0.3) is 16.0 Å². The number of thiazole rings is 1. The number of aryl methyl sites for hydroxylation is 1. The molecule has 1 saturated heterocycles. The summed E-state index contributed by atoms with van der Waals surface area (Å²) >= 11 is 1.68. The maximum Gasteiger partial charge on any atom is 0.225 e. The summed E-state index contributed by atoms with van der Waals surface area (Å²) in [4.78, 5) is 21.6. The van der Waals surface area contributed by atoms with Crippen LogP contribution in [0.3, 0.4) is 0 Å². The molecular formula is C21H27N5O2S. The zero-order valence-electron chi connectivity index (χ0n) is 17.4. The van der Waals surface area contributed by atoms with Gasteiger partial charge in [-0.1, -0.05) is 25.2 Å². The molecule has 1 aromatic carbocycles. The van der Waals surface area contributed by atoms with E-state index >= 15 is 0 Å². The minimum Gasteiger partial charge on any atom is -0.497 e. The van der Waals surface area contributed by atoms with E-state index in [0.717, 1.165) is 65.2 Å². The van der Waals surface area contributed by atoms with Crippen molar-refractivity contribution in [2.75, 3.05) is 38.2 Å². The second-order valence-electron chi connectivity index (χ2n) is 7.66. The summed E-state index contributed by atoms with van der Waals surface area (Å²) in [5, 5.41) is 5.69. The zero-order valence-corrected chi connectivity index (χ0v) is 18.2. The largest absolute Gasteiger partial charge is 0.497 e. The van der Waals surface area contributed by atoms with Gasteiger partial charge in [-0.05, 0) is 37.6 Å². The number of fused-ring (bicyclic) bond motifs is 1. The van der Waals surface area contributed by atoms with Gasteiger partial charge in [-0.25, -0.2) is 4.68 Å². The maximum absolute atomic E-state index is 12.4. The Morgan fingerprint density at radius 1 is 1.14 bits per heavy atom. The van der Waals surface area contributed by atoms with Gasteiger partial charge in [-0.3, -0.25) is 4.79 Å². The van der Waals surface area contributed by atoms with Gasteiger partial charge in [0.15, 0.2) is 10.8 Å². The molecule has 154 valence electrons. The molecule has 2 aromatic heterocycles. The molecule has 0 bridgehead atoms. The first kappa shape index (κ1) is 19.7. The van der Waals surface area contributed by atoms with Crippen LogP contribution in [0.2, 0.25) is 0 Å². The van der Waals surface area contributed by atoms with Crippen LogP contribution in [-0.2, 0) is 4.79 Å². The number of hydrogen-bond acceptors (Lipinski definition) is 6. The Labute approximate surface area is 174 Å². The number of carbonyl (C=O) groups excluding carboxylic acids is 1. The quantitative estimate of drug-likeness (QED) is 0.655. The highest BCUT2D eigenvalue weighted by Gasteiger charge is 2.24. The molecule has 4 rings (SSSR count). The molecule has 29 heavy (non-hydrogen) atoms. The molecule has 1 aliphatic heterocycles. The molecule has 8 heteroatoms. The monoisotopic (exact) mass is 413 g/mol. The van der Waals surface area contributed by atoms with E-state index in [1.165, 1.54) is 0 Å². The summed E-state index contributed by atoms with van der Waals surface area (Å²) < 4.78 is 8.26. The highest BCUT2D eigenvalue weighted by Crippen LogP contribution is 2.33. The smallest absolute Gasteiger partial charge is 0.225 e. The van der Waals surface area contributed by atoms with Crippen molar-refractivity contribution < 1.29 is 9.53 Å². The van der Waals surface area contributed by atoms with E-state index in [2.05, 4.69) is 10.00 Å². The number of anilines is 1. The predicted octanol–water partition coefficient (Wildman–Crippen LogP) is 3.49. The molecule has 0 atom stereocenters. The Balaban J connectivity index is 1.60. The van der Waals surface area contributed by atoms with E-state index in [-0.39, 0.29) is 11.8 Å². The molecular weight excluding hydrogens is 386 g/mol. The van der Waals surface area contributed by atoms with Gasteiger partial charge in [0, 0.05) is 32.1 Å². The Hall–Kier alpha value is -2.61. The lowest BCUT2D eigenvalue weighted by molar-refractivity contribution is -0.134.